The Kier molecular flexibility index (Phi) is 3.54. The van der Waals surface area contributed by atoms with Gasteiger partial charge in [-0.15, -0.1) is 11.3 Å². The number of carbonyl (C=O) groups excluding carboxylic acids is 1. The summed E-state index contributed by atoms with van der Waals surface area (Å²) in [6.07, 6.45) is 4.20. The molecule has 0 aliphatic rings. The van der Waals surface area contributed by atoms with Crippen molar-refractivity contribution in [2.75, 3.05) is 5.32 Å². The summed E-state index contributed by atoms with van der Waals surface area (Å²) in [6, 6.07) is 3.63. The van der Waals surface area contributed by atoms with E-state index in [1.807, 2.05) is 18.4 Å². The lowest BCUT2D eigenvalue weighted by Crippen LogP contribution is -2.13. The van der Waals surface area contributed by atoms with Crippen molar-refractivity contribution in [3.8, 4) is 0 Å². The topological polar surface area (TPSA) is 42.0 Å². The molecule has 0 bridgehead atoms. The maximum absolute atomic E-state index is 12.1. The lowest BCUT2D eigenvalue weighted by molar-refractivity contribution is 0.102. The molecule has 0 unspecified atom stereocenters. The molecule has 1 amide bonds. The molecule has 3 nitrogen and oxygen atoms in total. The van der Waals surface area contributed by atoms with E-state index in [4.69, 9.17) is 0 Å². The lowest BCUT2D eigenvalue weighted by atomic mass is 10.1. The maximum Gasteiger partial charge on any atom is 0.256 e. The molecular weight excluding hydrogens is 232 g/mol. The van der Waals surface area contributed by atoms with Gasteiger partial charge in [-0.25, -0.2) is 0 Å². The SMILES string of the molecule is CCc1c(C(=O)Nc2cccnc2)csc1C. The van der Waals surface area contributed by atoms with Crippen molar-refractivity contribution in [2.45, 2.75) is 20.3 Å². The summed E-state index contributed by atoms with van der Waals surface area (Å²) in [6.45, 7) is 4.11. The molecule has 0 aromatic carbocycles. The van der Waals surface area contributed by atoms with Gasteiger partial charge in [0, 0.05) is 16.5 Å². The van der Waals surface area contributed by atoms with Crippen molar-refractivity contribution in [2.24, 2.45) is 0 Å². The Morgan fingerprint density at radius 3 is 3.00 bits per heavy atom. The van der Waals surface area contributed by atoms with E-state index in [-0.39, 0.29) is 5.91 Å². The molecule has 2 rings (SSSR count). The van der Waals surface area contributed by atoms with Gasteiger partial charge in [0.1, 0.15) is 0 Å². The number of hydrogen-bond acceptors (Lipinski definition) is 3. The van der Waals surface area contributed by atoms with Crippen LogP contribution in [0.4, 0.5) is 5.69 Å². The lowest BCUT2D eigenvalue weighted by Gasteiger charge is -2.05. The first-order valence-corrected chi connectivity index (χ1v) is 6.38. The average molecular weight is 246 g/mol. The van der Waals surface area contributed by atoms with E-state index in [9.17, 15) is 4.79 Å². The first-order chi connectivity index (χ1) is 8.22. The van der Waals surface area contributed by atoms with Crippen molar-refractivity contribution < 1.29 is 4.79 Å². The normalized spacial score (nSPS) is 10.2. The van der Waals surface area contributed by atoms with Crippen LogP contribution in [0.1, 0.15) is 27.7 Å². The summed E-state index contributed by atoms with van der Waals surface area (Å²) in [5.74, 6) is -0.0563. The second kappa shape index (κ2) is 5.10. The van der Waals surface area contributed by atoms with Crippen LogP contribution in [0.2, 0.25) is 0 Å². The minimum absolute atomic E-state index is 0.0563. The van der Waals surface area contributed by atoms with E-state index in [0.29, 0.717) is 0 Å². The van der Waals surface area contributed by atoms with Gasteiger partial charge in [0.25, 0.3) is 5.91 Å². The van der Waals surface area contributed by atoms with Crippen molar-refractivity contribution in [3.05, 3.63) is 45.9 Å². The largest absolute Gasteiger partial charge is 0.321 e. The molecule has 0 aliphatic carbocycles. The van der Waals surface area contributed by atoms with Gasteiger partial charge in [-0.1, -0.05) is 6.92 Å². The zero-order valence-corrected chi connectivity index (χ0v) is 10.7. The van der Waals surface area contributed by atoms with Crippen LogP contribution in [0.5, 0.6) is 0 Å². The number of pyridine rings is 1. The number of thiophene rings is 1. The fraction of sp³-hybridized carbons (Fsp3) is 0.231. The van der Waals surface area contributed by atoms with Crippen LogP contribution >= 0.6 is 11.3 Å². The highest BCUT2D eigenvalue weighted by Crippen LogP contribution is 2.23. The standard InChI is InChI=1S/C13H14N2OS/c1-3-11-9(2)17-8-12(11)13(16)15-10-5-4-6-14-7-10/h4-8H,3H2,1-2H3,(H,15,16). The van der Waals surface area contributed by atoms with Crippen LogP contribution in [-0.2, 0) is 6.42 Å². The molecule has 0 saturated heterocycles. The van der Waals surface area contributed by atoms with Crippen LogP contribution in [0.15, 0.2) is 29.9 Å². The summed E-state index contributed by atoms with van der Waals surface area (Å²) in [5.41, 5.74) is 2.64. The molecular formula is C13H14N2OS. The van der Waals surface area contributed by atoms with E-state index < -0.39 is 0 Å². The number of anilines is 1. The smallest absolute Gasteiger partial charge is 0.256 e. The summed E-state index contributed by atoms with van der Waals surface area (Å²) < 4.78 is 0. The Balaban J connectivity index is 2.20. The van der Waals surface area contributed by atoms with Crippen LogP contribution in [-0.4, -0.2) is 10.9 Å². The fourth-order valence-corrected chi connectivity index (χ4v) is 2.68. The highest BCUT2D eigenvalue weighted by molar-refractivity contribution is 7.10. The van der Waals surface area contributed by atoms with E-state index in [0.717, 1.165) is 23.2 Å². The Bertz CT molecular complexity index is 519. The number of hydrogen-bond donors (Lipinski definition) is 1. The molecule has 0 atom stereocenters. The highest BCUT2D eigenvalue weighted by Gasteiger charge is 2.14. The summed E-state index contributed by atoms with van der Waals surface area (Å²) in [5, 5.41) is 4.77. The molecule has 1 N–H and O–H groups in total. The monoisotopic (exact) mass is 246 g/mol. The fourth-order valence-electron chi connectivity index (χ4n) is 1.74. The third-order valence-electron chi connectivity index (χ3n) is 2.62. The van der Waals surface area contributed by atoms with Crippen molar-refractivity contribution in [3.63, 3.8) is 0 Å². The number of carbonyl (C=O) groups is 1. The van der Waals surface area contributed by atoms with Gasteiger partial charge in [0.05, 0.1) is 17.4 Å². The van der Waals surface area contributed by atoms with E-state index >= 15 is 0 Å². The first-order valence-electron chi connectivity index (χ1n) is 5.50. The van der Waals surface area contributed by atoms with Gasteiger partial charge in [0.15, 0.2) is 0 Å². The van der Waals surface area contributed by atoms with Gasteiger partial charge in [-0.3, -0.25) is 9.78 Å². The molecule has 4 heteroatoms. The second-order valence-corrected chi connectivity index (χ2v) is 4.82. The zero-order valence-electron chi connectivity index (χ0n) is 9.86. The molecule has 2 aromatic heterocycles. The Labute approximate surface area is 105 Å². The van der Waals surface area contributed by atoms with Gasteiger partial charge in [-0.05, 0) is 31.0 Å². The third-order valence-corrected chi connectivity index (χ3v) is 3.57. The first kappa shape index (κ1) is 11.8. The molecule has 17 heavy (non-hydrogen) atoms. The molecule has 0 saturated carbocycles. The Morgan fingerprint density at radius 2 is 2.35 bits per heavy atom. The number of nitrogens with one attached hydrogen (secondary N) is 1. The third kappa shape index (κ3) is 2.53. The van der Waals surface area contributed by atoms with Crippen molar-refractivity contribution >= 4 is 22.9 Å². The van der Waals surface area contributed by atoms with Crippen LogP contribution in [0.3, 0.4) is 0 Å². The number of aromatic nitrogens is 1. The van der Waals surface area contributed by atoms with Crippen molar-refractivity contribution in [1.29, 1.82) is 0 Å². The molecule has 0 spiro atoms. The Morgan fingerprint density at radius 1 is 1.53 bits per heavy atom. The number of aryl methyl sites for hydroxylation is 1. The van der Waals surface area contributed by atoms with Gasteiger partial charge in [0.2, 0.25) is 0 Å². The van der Waals surface area contributed by atoms with Crippen molar-refractivity contribution in [1.82, 2.24) is 4.98 Å². The summed E-state index contributed by atoms with van der Waals surface area (Å²) in [4.78, 5) is 17.3. The number of rotatable bonds is 3. The molecule has 88 valence electrons. The molecule has 0 fully saturated rings. The number of amides is 1. The summed E-state index contributed by atoms with van der Waals surface area (Å²) in [7, 11) is 0. The van der Waals surface area contributed by atoms with Gasteiger partial charge >= 0.3 is 0 Å². The minimum atomic E-state index is -0.0563. The Hall–Kier alpha value is -1.68. The van der Waals surface area contributed by atoms with Crippen LogP contribution in [0.25, 0.3) is 0 Å². The molecule has 0 aliphatic heterocycles. The zero-order chi connectivity index (χ0) is 12.3. The van der Waals surface area contributed by atoms with Crippen LogP contribution in [0, 0.1) is 6.92 Å². The highest BCUT2D eigenvalue weighted by atomic mass is 32.1. The molecule has 0 radical (unpaired) electrons. The predicted octanol–water partition coefficient (Wildman–Crippen LogP) is 3.27. The minimum Gasteiger partial charge on any atom is -0.321 e. The van der Waals surface area contributed by atoms with Gasteiger partial charge < -0.3 is 5.32 Å². The van der Waals surface area contributed by atoms with Gasteiger partial charge in [-0.2, -0.15) is 0 Å². The maximum atomic E-state index is 12.1. The molecule has 2 heterocycles. The predicted molar refractivity (Wildman–Crippen MR) is 70.6 cm³/mol. The van der Waals surface area contributed by atoms with E-state index in [1.54, 1.807) is 29.8 Å². The molecule has 2 aromatic rings. The van der Waals surface area contributed by atoms with E-state index in [1.165, 1.54) is 4.88 Å². The second-order valence-electron chi connectivity index (χ2n) is 3.73. The van der Waals surface area contributed by atoms with Crippen LogP contribution < -0.4 is 5.32 Å². The van der Waals surface area contributed by atoms with E-state index in [2.05, 4.69) is 17.2 Å². The number of nitrogens with zero attached hydrogens (tertiary/aromatic N) is 1. The average Bonchev–Trinajstić information content (AvgIpc) is 2.71. The summed E-state index contributed by atoms with van der Waals surface area (Å²) >= 11 is 1.62. The quantitative estimate of drug-likeness (QED) is 0.903.